The van der Waals surface area contributed by atoms with Crippen LogP contribution in [0.5, 0.6) is 5.75 Å². The van der Waals surface area contributed by atoms with Crippen LogP contribution in [0.4, 0.5) is 4.39 Å². The molecule has 0 amide bonds. The highest BCUT2D eigenvalue weighted by atomic mass is 35.5. The van der Waals surface area contributed by atoms with Gasteiger partial charge in [0.2, 0.25) is 0 Å². The summed E-state index contributed by atoms with van der Waals surface area (Å²) in [7, 11) is 1.76. The van der Waals surface area contributed by atoms with Crippen molar-refractivity contribution in [1.29, 1.82) is 0 Å². The van der Waals surface area contributed by atoms with Crippen molar-refractivity contribution < 1.29 is 13.9 Å². The molecule has 0 N–H and O–H groups in total. The topological polar surface area (TPSA) is 44.1 Å². The molecule has 1 heterocycles. The monoisotopic (exact) mass is 296 g/mol. The number of benzene rings is 1. The van der Waals surface area contributed by atoms with Crippen LogP contribution < -0.4 is 4.74 Å². The van der Waals surface area contributed by atoms with Crippen LogP contribution in [0.25, 0.3) is 0 Å². The Balaban J connectivity index is 2.15. The van der Waals surface area contributed by atoms with Gasteiger partial charge in [-0.3, -0.25) is 9.48 Å². The molecular formula is C14H14ClFN2O2. The van der Waals surface area contributed by atoms with E-state index >= 15 is 0 Å². The molecule has 4 nitrogen and oxygen atoms in total. The Labute approximate surface area is 121 Å². The van der Waals surface area contributed by atoms with E-state index in [0.717, 1.165) is 0 Å². The molecule has 20 heavy (non-hydrogen) atoms. The van der Waals surface area contributed by atoms with Gasteiger partial charge in [0.1, 0.15) is 18.2 Å². The van der Waals surface area contributed by atoms with Crippen LogP contribution in [-0.4, -0.2) is 15.6 Å². The van der Waals surface area contributed by atoms with Crippen LogP contribution in [0.2, 0.25) is 5.02 Å². The normalized spacial score (nSPS) is 10.7. The fourth-order valence-corrected chi connectivity index (χ4v) is 2.07. The lowest BCUT2D eigenvalue weighted by atomic mass is 10.1. The third-order valence-corrected chi connectivity index (χ3v) is 3.45. The zero-order valence-corrected chi connectivity index (χ0v) is 12.2. The molecular weight excluding hydrogens is 283 g/mol. The van der Waals surface area contributed by atoms with E-state index in [0.29, 0.717) is 22.2 Å². The van der Waals surface area contributed by atoms with Gasteiger partial charge in [0.05, 0.1) is 22.0 Å². The molecule has 2 aromatic rings. The van der Waals surface area contributed by atoms with E-state index in [4.69, 9.17) is 16.3 Å². The zero-order chi connectivity index (χ0) is 14.9. The van der Waals surface area contributed by atoms with E-state index < -0.39 is 5.82 Å². The number of rotatable bonds is 4. The van der Waals surface area contributed by atoms with Gasteiger partial charge in [-0.15, -0.1) is 0 Å². The standard InChI is InChI=1S/C14H14ClFN2O2/c1-8-14(15)13(18(3)17-8)7-20-10-4-5-11(9(2)19)12(16)6-10/h4-6H,7H2,1-3H3. The van der Waals surface area contributed by atoms with Gasteiger partial charge in [0.15, 0.2) is 5.78 Å². The number of ether oxygens (including phenoxy) is 1. The van der Waals surface area contributed by atoms with Crippen molar-refractivity contribution >= 4 is 17.4 Å². The minimum absolute atomic E-state index is 0.0479. The van der Waals surface area contributed by atoms with E-state index in [9.17, 15) is 9.18 Å². The second-order valence-electron chi connectivity index (χ2n) is 4.46. The average Bonchev–Trinajstić information content (AvgIpc) is 2.61. The molecule has 0 atom stereocenters. The largest absolute Gasteiger partial charge is 0.487 e. The molecule has 0 saturated carbocycles. The summed E-state index contributed by atoms with van der Waals surface area (Å²) < 4.78 is 20.8. The number of aryl methyl sites for hydroxylation is 2. The molecule has 0 aliphatic carbocycles. The van der Waals surface area contributed by atoms with Crippen LogP contribution in [0.1, 0.15) is 28.7 Å². The number of ketones is 1. The minimum Gasteiger partial charge on any atom is -0.487 e. The van der Waals surface area contributed by atoms with Crippen molar-refractivity contribution in [3.8, 4) is 5.75 Å². The number of Topliss-reactive ketones (excluding diaryl/α,β-unsaturated/α-hetero) is 1. The summed E-state index contributed by atoms with van der Waals surface area (Å²) in [5.41, 5.74) is 1.47. The summed E-state index contributed by atoms with van der Waals surface area (Å²) >= 11 is 6.10. The van der Waals surface area contributed by atoms with Crippen LogP contribution in [0.15, 0.2) is 18.2 Å². The molecule has 0 aliphatic heterocycles. The Morgan fingerprint density at radius 3 is 2.70 bits per heavy atom. The maximum absolute atomic E-state index is 13.6. The van der Waals surface area contributed by atoms with Crippen LogP contribution in [0, 0.1) is 12.7 Å². The Hall–Kier alpha value is -1.88. The van der Waals surface area contributed by atoms with Gasteiger partial charge in [0.25, 0.3) is 0 Å². The van der Waals surface area contributed by atoms with Crippen molar-refractivity contribution in [3.05, 3.63) is 46.0 Å². The lowest BCUT2D eigenvalue weighted by Gasteiger charge is -2.08. The van der Waals surface area contributed by atoms with Crippen molar-refractivity contribution in [3.63, 3.8) is 0 Å². The summed E-state index contributed by atoms with van der Waals surface area (Å²) in [4.78, 5) is 11.1. The number of carbonyl (C=O) groups is 1. The third-order valence-electron chi connectivity index (χ3n) is 2.96. The summed E-state index contributed by atoms with van der Waals surface area (Å²) in [6.07, 6.45) is 0. The fraction of sp³-hybridized carbons (Fsp3) is 0.286. The van der Waals surface area contributed by atoms with Gasteiger partial charge in [-0.25, -0.2) is 4.39 Å². The predicted octanol–water partition coefficient (Wildman–Crippen LogP) is 3.30. The quantitative estimate of drug-likeness (QED) is 0.813. The summed E-state index contributed by atoms with van der Waals surface area (Å²) in [5.74, 6) is -0.580. The van der Waals surface area contributed by atoms with E-state index in [-0.39, 0.29) is 18.0 Å². The maximum atomic E-state index is 13.6. The molecule has 0 radical (unpaired) electrons. The molecule has 0 saturated heterocycles. The van der Waals surface area contributed by atoms with Crippen LogP contribution >= 0.6 is 11.6 Å². The smallest absolute Gasteiger partial charge is 0.162 e. The molecule has 106 valence electrons. The van der Waals surface area contributed by atoms with E-state index in [2.05, 4.69) is 5.10 Å². The molecule has 0 fully saturated rings. The second kappa shape index (κ2) is 5.63. The number of halogens is 2. The Morgan fingerprint density at radius 2 is 2.20 bits per heavy atom. The maximum Gasteiger partial charge on any atom is 0.162 e. The molecule has 0 aliphatic rings. The molecule has 2 rings (SSSR count). The van der Waals surface area contributed by atoms with Crippen LogP contribution in [-0.2, 0) is 13.7 Å². The minimum atomic E-state index is -0.595. The van der Waals surface area contributed by atoms with Crippen molar-refractivity contribution in [2.75, 3.05) is 0 Å². The Morgan fingerprint density at radius 1 is 1.50 bits per heavy atom. The first-order valence-electron chi connectivity index (χ1n) is 6.01. The van der Waals surface area contributed by atoms with Gasteiger partial charge in [-0.1, -0.05) is 11.6 Å². The predicted molar refractivity (Wildman–Crippen MR) is 73.7 cm³/mol. The molecule has 0 unspecified atom stereocenters. The van der Waals surface area contributed by atoms with Gasteiger partial charge in [-0.05, 0) is 26.0 Å². The first-order chi connectivity index (χ1) is 9.40. The van der Waals surface area contributed by atoms with Gasteiger partial charge >= 0.3 is 0 Å². The number of carbonyl (C=O) groups excluding carboxylic acids is 1. The highest BCUT2D eigenvalue weighted by molar-refractivity contribution is 6.31. The van der Waals surface area contributed by atoms with E-state index in [1.165, 1.54) is 19.1 Å². The van der Waals surface area contributed by atoms with Crippen molar-refractivity contribution in [2.45, 2.75) is 20.5 Å². The first-order valence-corrected chi connectivity index (χ1v) is 6.39. The lowest BCUT2D eigenvalue weighted by molar-refractivity contribution is 0.101. The van der Waals surface area contributed by atoms with Gasteiger partial charge in [-0.2, -0.15) is 5.10 Å². The third kappa shape index (κ3) is 2.82. The molecule has 1 aromatic heterocycles. The number of nitrogens with zero attached hydrogens (tertiary/aromatic N) is 2. The molecule has 0 bridgehead atoms. The summed E-state index contributed by atoms with van der Waals surface area (Å²) in [6.45, 7) is 3.29. The van der Waals surface area contributed by atoms with Gasteiger partial charge in [0, 0.05) is 13.1 Å². The second-order valence-corrected chi connectivity index (χ2v) is 4.83. The number of hydrogen-bond donors (Lipinski definition) is 0. The number of aromatic nitrogens is 2. The number of hydrogen-bond acceptors (Lipinski definition) is 3. The van der Waals surface area contributed by atoms with Crippen LogP contribution in [0.3, 0.4) is 0 Å². The summed E-state index contributed by atoms with van der Waals surface area (Å²) in [6, 6.07) is 4.15. The molecule has 0 spiro atoms. The Bertz CT molecular complexity index is 667. The van der Waals surface area contributed by atoms with Gasteiger partial charge < -0.3 is 4.74 Å². The SMILES string of the molecule is CC(=O)c1ccc(OCc2c(Cl)c(C)nn2C)cc1F. The van der Waals surface area contributed by atoms with Crippen molar-refractivity contribution in [1.82, 2.24) is 9.78 Å². The fourth-order valence-electron chi connectivity index (χ4n) is 1.86. The summed E-state index contributed by atoms with van der Waals surface area (Å²) in [5, 5.41) is 4.70. The first kappa shape index (κ1) is 14.5. The van der Waals surface area contributed by atoms with E-state index in [1.807, 2.05) is 0 Å². The highest BCUT2D eigenvalue weighted by Crippen LogP contribution is 2.22. The average molecular weight is 297 g/mol. The van der Waals surface area contributed by atoms with E-state index in [1.54, 1.807) is 24.7 Å². The van der Waals surface area contributed by atoms with Crippen molar-refractivity contribution in [2.24, 2.45) is 7.05 Å². The molecule has 1 aromatic carbocycles. The highest BCUT2D eigenvalue weighted by Gasteiger charge is 2.13. The molecule has 6 heteroatoms. The zero-order valence-electron chi connectivity index (χ0n) is 11.4. The Kier molecular flexibility index (Phi) is 4.09. The lowest BCUT2D eigenvalue weighted by Crippen LogP contribution is -2.04.